The van der Waals surface area contributed by atoms with Crippen LogP contribution in [0.1, 0.15) is 17.5 Å². The molecule has 0 aliphatic rings. The van der Waals surface area contributed by atoms with Crippen LogP contribution in [-0.2, 0) is 12.3 Å². The molecule has 0 atom stereocenters. The molecule has 1 nitrogen and oxygen atoms in total. The topological polar surface area (TPSA) is 23.8 Å². The van der Waals surface area contributed by atoms with Crippen LogP contribution in [0.25, 0.3) is 0 Å². The van der Waals surface area contributed by atoms with Crippen molar-refractivity contribution in [1.82, 2.24) is 0 Å². The average Bonchev–Trinajstić information content (AvgIpc) is 2.15. The second-order valence-corrected chi connectivity index (χ2v) is 3.79. The zero-order valence-corrected chi connectivity index (χ0v) is 9.40. The molecular weight excluding hydrogens is 249 g/mol. The second-order valence-electron chi connectivity index (χ2n) is 2.67. The molecule has 1 rings (SSSR count). The number of nitrogens with zero attached hydrogens (tertiary/aromatic N) is 1. The van der Waals surface area contributed by atoms with Crippen LogP contribution >= 0.6 is 27.5 Å². The van der Waals surface area contributed by atoms with Crippen LogP contribution in [0.4, 0.5) is 0 Å². The highest BCUT2D eigenvalue weighted by Crippen LogP contribution is 2.23. The number of aryl methyl sites for hydroxylation is 1. The van der Waals surface area contributed by atoms with Gasteiger partial charge in [0.15, 0.2) is 0 Å². The molecule has 0 aliphatic heterocycles. The molecule has 0 fully saturated rings. The Morgan fingerprint density at radius 1 is 1.46 bits per heavy atom. The van der Waals surface area contributed by atoms with Crippen LogP contribution in [0.5, 0.6) is 0 Å². The molecule has 0 saturated heterocycles. The zero-order chi connectivity index (χ0) is 9.68. The maximum Gasteiger partial charge on any atom is 0.0625 e. The van der Waals surface area contributed by atoms with E-state index in [-0.39, 0.29) is 0 Å². The smallest absolute Gasteiger partial charge is 0.0625 e. The first-order chi connectivity index (χ1) is 6.29. The third-order valence-electron chi connectivity index (χ3n) is 1.86. The van der Waals surface area contributed by atoms with Crippen molar-refractivity contribution < 1.29 is 0 Å². The number of alkyl halides is 1. The first kappa shape index (κ1) is 10.6. The number of nitriles is 1. The van der Waals surface area contributed by atoms with Crippen molar-refractivity contribution in [2.45, 2.75) is 18.7 Å². The van der Waals surface area contributed by atoms with Crippen LogP contribution in [0.15, 0.2) is 22.7 Å². The monoisotopic (exact) mass is 257 g/mol. The summed E-state index contributed by atoms with van der Waals surface area (Å²) in [5.74, 6) is 0.488. The summed E-state index contributed by atoms with van der Waals surface area (Å²) in [6, 6.07) is 8.07. The first-order valence-corrected chi connectivity index (χ1v) is 5.31. The van der Waals surface area contributed by atoms with Crippen LogP contribution in [0.2, 0.25) is 0 Å². The summed E-state index contributed by atoms with van der Waals surface area (Å²) in [6.07, 6.45) is 1.32. The fraction of sp³-hybridized carbons (Fsp3) is 0.300. The Labute approximate surface area is 91.5 Å². The van der Waals surface area contributed by atoms with Gasteiger partial charge in [-0.1, -0.05) is 28.1 Å². The largest absolute Gasteiger partial charge is 0.198 e. The first-order valence-electron chi connectivity index (χ1n) is 3.98. The Hall–Kier alpha value is -0.520. The number of hydrogen-bond donors (Lipinski definition) is 0. The Balaban J connectivity index is 2.93. The highest BCUT2D eigenvalue weighted by atomic mass is 79.9. The van der Waals surface area contributed by atoms with Crippen molar-refractivity contribution in [1.29, 1.82) is 5.26 Å². The minimum atomic E-state index is 0.488. The Morgan fingerprint density at radius 2 is 2.23 bits per heavy atom. The molecule has 0 bridgehead atoms. The minimum absolute atomic E-state index is 0.488. The van der Waals surface area contributed by atoms with Crippen molar-refractivity contribution in [3.05, 3.63) is 33.8 Å². The fourth-order valence-corrected chi connectivity index (χ4v) is 2.20. The lowest BCUT2D eigenvalue weighted by Crippen LogP contribution is -1.92. The van der Waals surface area contributed by atoms with Crippen LogP contribution in [-0.4, -0.2) is 0 Å². The molecule has 0 unspecified atom stereocenters. The number of benzene rings is 1. The Kier molecular flexibility index (Phi) is 4.27. The maximum absolute atomic E-state index is 8.47. The van der Waals surface area contributed by atoms with E-state index < -0.39 is 0 Å². The normalized spacial score (nSPS) is 9.62. The van der Waals surface area contributed by atoms with Crippen molar-refractivity contribution in [2.75, 3.05) is 0 Å². The molecule has 0 aromatic heterocycles. The zero-order valence-electron chi connectivity index (χ0n) is 7.06. The molecule has 0 amide bonds. The van der Waals surface area contributed by atoms with Crippen molar-refractivity contribution in [3.63, 3.8) is 0 Å². The minimum Gasteiger partial charge on any atom is -0.198 e. The van der Waals surface area contributed by atoms with Crippen LogP contribution < -0.4 is 0 Å². The van der Waals surface area contributed by atoms with Gasteiger partial charge in [-0.05, 0) is 23.6 Å². The second kappa shape index (κ2) is 5.26. The van der Waals surface area contributed by atoms with Gasteiger partial charge in [-0.3, -0.25) is 0 Å². The van der Waals surface area contributed by atoms with E-state index in [1.165, 1.54) is 0 Å². The third kappa shape index (κ3) is 2.72. The molecule has 0 heterocycles. The van der Waals surface area contributed by atoms with E-state index in [0.29, 0.717) is 12.3 Å². The van der Waals surface area contributed by atoms with Gasteiger partial charge >= 0.3 is 0 Å². The molecule has 3 heteroatoms. The Bertz CT molecular complexity index is 330. The van der Waals surface area contributed by atoms with Gasteiger partial charge in [0.05, 0.1) is 6.07 Å². The predicted octanol–water partition coefficient (Wildman–Crippen LogP) is 3.64. The molecule has 0 radical (unpaired) electrons. The highest BCUT2D eigenvalue weighted by molar-refractivity contribution is 9.10. The summed E-state index contributed by atoms with van der Waals surface area (Å²) in [5, 5.41) is 8.47. The van der Waals surface area contributed by atoms with E-state index in [1.54, 1.807) is 0 Å². The average molecular weight is 259 g/mol. The van der Waals surface area contributed by atoms with Gasteiger partial charge in [0, 0.05) is 16.8 Å². The van der Waals surface area contributed by atoms with Gasteiger partial charge in [0.25, 0.3) is 0 Å². The molecule has 1 aromatic carbocycles. The lowest BCUT2D eigenvalue weighted by molar-refractivity contribution is 0.989. The molecule has 0 saturated carbocycles. The summed E-state index contributed by atoms with van der Waals surface area (Å²) >= 11 is 9.24. The quantitative estimate of drug-likeness (QED) is 0.759. The highest BCUT2D eigenvalue weighted by Gasteiger charge is 2.04. The summed E-state index contributed by atoms with van der Waals surface area (Å²) in [5.41, 5.74) is 2.25. The lowest BCUT2D eigenvalue weighted by Gasteiger charge is -2.06. The van der Waals surface area contributed by atoms with E-state index in [0.717, 1.165) is 22.0 Å². The number of halogens is 2. The molecule has 68 valence electrons. The molecule has 0 N–H and O–H groups in total. The molecule has 13 heavy (non-hydrogen) atoms. The van der Waals surface area contributed by atoms with Gasteiger partial charge in [0.1, 0.15) is 0 Å². The van der Waals surface area contributed by atoms with E-state index in [2.05, 4.69) is 22.0 Å². The summed E-state index contributed by atoms with van der Waals surface area (Å²) in [7, 11) is 0. The van der Waals surface area contributed by atoms with Crippen molar-refractivity contribution in [2.24, 2.45) is 0 Å². The van der Waals surface area contributed by atoms with Gasteiger partial charge in [-0.25, -0.2) is 0 Å². The van der Waals surface area contributed by atoms with Crippen LogP contribution in [0.3, 0.4) is 0 Å². The molecule has 0 aliphatic carbocycles. The van der Waals surface area contributed by atoms with Gasteiger partial charge in [0.2, 0.25) is 0 Å². The van der Waals surface area contributed by atoms with Crippen molar-refractivity contribution >= 4 is 27.5 Å². The molecule has 0 spiro atoms. The van der Waals surface area contributed by atoms with Gasteiger partial charge < -0.3 is 0 Å². The van der Waals surface area contributed by atoms with Crippen LogP contribution in [0, 0.1) is 11.3 Å². The molecular formula is C10H9BrClN. The standard InChI is InChI=1S/C10H9BrClN/c11-10-5-1-3-8(4-2-6-13)9(10)7-12/h1,3,5H,2,4,7H2. The Morgan fingerprint density at radius 3 is 2.85 bits per heavy atom. The summed E-state index contributed by atoms with van der Waals surface area (Å²) < 4.78 is 1.03. The van der Waals surface area contributed by atoms with E-state index >= 15 is 0 Å². The van der Waals surface area contributed by atoms with E-state index in [4.69, 9.17) is 16.9 Å². The summed E-state index contributed by atoms with van der Waals surface area (Å²) in [6.45, 7) is 0. The van der Waals surface area contributed by atoms with Gasteiger partial charge in [-0.15, -0.1) is 11.6 Å². The third-order valence-corrected chi connectivity index (χ3v) is 2.87. The van der Waals surface area contributed by atoms with Crippen molar-refractivity contribution in [3.8, 4) is 6.07 Å². The molecule has 1 aromatic rings. The SMILES string of the molecule is N#CCCc1cccc(Br)c1CCl. The summed E-state index contributed by atoms with van der Waals surface area (Å²) in [4.78, 5) is 0. The fourth-order valence-electron chi connectivity index (χ4n) is 1.18. The number of hydrogen-bond acceptors (Lipinski definition) is 1. The maximum atomic E-state index is 8.47. The van der Waals surface area contributed by atoms with Gasteiger partial charge in [-0.2, -0.15) is 5.26 Å². The predicted molar refractivity (Wildman–Crippen MR) is 57.6 cm³/mol. The number of rotatable bonds is 3. The lowest BCUT2D eigenvalue weighted by atomic mass is 10.0. The van der Waals surface area contributed by atoms with E-state index in [9.17, 15) is 0 Å². The van der Waals surface area contributed by atoms with E-state index in [1.807, 2.05) is 18.2 Å².